The second-order valence-electron chi connectivity index (χ2n) is 6.77. The van der Waals surface area contributed by atoms with Gasteiger partial charge in [-0.25, -0.2) is 9.37 Å². The van der Waals surface area contributed by atoms with Gasteiger partial charge in [-0.2, -0.15) is 0 Å². The van der Waals surface area contributed by atoms with E-state index in [0.717, 1.165) is 10.6 Å². The van der Waals surface area contributed by atoms with E-state index in [2.05, 4.69) is 9.97 Å². The normalized spacial score (nSPS) is 13.4. The smallest absolute Gasteiger partial charge is 0.266 e. The molecule has 4 nitrogen and oxygen atoms in total. The van der Waals surface area contributed by atoms with Gasteiger partial charge < -0.3 is 4.98 Å². The Morgan fingerprint density at radius 2 is 1.92 bits per heavy atom. The van der Waals surface area contributed by atoms with Crippen LogP contribution in [0.25, 0.3) is 22.7 Å². The molecule has 2 aromatic heterocycles. The van der Waals surface area contributed by atoms with Crippen molar-refractivity contribution in [2.24, 2.45) is 5.41 Å². The van der Waals surface area contributed by atoms with E-state index in [1.165, 1.54) is 40.9 Å². The molecule has 0 aliphatic carbocycles. The molecule has 3 rings (SSSR count). The van der Waals surface area contributed by atoms with Crippen molar-refractivity contribution in [3.8, 4) is 10.6 Å². The third-order valence-electron chi connectivity index (χ3n) is 3.57. The lowest BCUT2D eigenvalue weighted by molar-refractivity contribution is -0.119. The van der Waals surface area contributed by atoms with Crippen LogP contribution >= 0.6 is 22.7 Å². The van der Waals surface area contributed by atoms with Crippen LogP contribution < -0.4 is 14.8 Å². The zero-order chi connectivity index (χ0) is 18.9. The van der Waals surface area contributed by atoms with Crippen LogP contribution in [-0.2, 0) is 4.79 Å². The van der Waals surface area contributed by atoms with Gasteiger partial charge in [0.25, 0.3) is 5.56 Å². The summed E-state index contributed by atoms with van der Waals surface area (Å²) in [5.41, 5.74) is 0.722. The van der Waals surface area contributed by atoms with Crippen molar-refractivity contribution in [1.82, 2.24) is 9.97 Å². The van der Waals surface area contributed by atoms with Crippen molar-refractivity contribution in [2.75, 3.05) is 0 Å². The van der Waals surface area contributed by atoms with E-state index in [4.69, 9.17) is 0 Å². The maximum Gasteiger partial charge on any atom is 0.266 e. The van der Waals surface area contributed by atoms with Crippen LogP contribution in [0, 0.1) is 11.2 Å². The number of Topliss-reactive ketones (excluding diaryl/α,β-unsaturated/α-hetero) is 1. The molecule has 0 atom stereocenters. The first-order valence-electron chi connectivity index (χ1n) is 7.91. The first-order chi connectivity index (χ1) is 12.2. The van der Waals surface area contributed by atoms with Crippen molar-refractivity contribution in [3.05, 3.63) is 60.7 Å². The maximum atomic E-state index is 13.0. The molecule has 0 saturated carbocycles. The molecule has 2 heterocycles. The highest BCUT2D eigenvalue weighted by molar-refractivity contribution is 7.13. The Labute approximate surface area is 157 Å². The van der Waals surface area contributed by atoms with E-state index in [9.17, 15) is 14.0 Å². The Hall–Kier alpha value is -2.38. The quantitative estimate of drug-likeness (QED) is 0.750. The third kappa shape index (κ3) is 4.23. The number of rotatable bonds is 3. The average molecular weight is 388 g/mol. The summed E-state index contributed by atoms with van der Waals surface area (Å²) in [5, 5.41) is 2.58. The molecule has 0 saturated heterocycles. The molecule has 0 fully saturated rings. The van der Waals surface area contributed by atoms with E-state index in [-0.39, 0.29) is 17.2 Å². The minimum atomic E-state index is -0.496. The number of benzene rings is 1. The number of carbonyl (C=O) groups is 1. The Kier molecular flexibility index (Phi) is 5.02. The predicted octanol–water partition coefficient (Wildman–Crippen LogP) is 2.92. The number of hydrogen-bond donors (Lipinski definition) is 1. The number of nitrogens with one attached hydrogen (secondary N) is 1. The third-order valence-corrected chi connectivity index (χ3v) is 5.45. The van der Waals surface area contributed by atoms with Gasteiger partial charge in [0.2, 0.25) is 0 Å². The first-order valence-corrected chi connectivity index (χ1v) is 9.60. The highest BCUT2D eigenvalue weighted by Gasteiger charge is 2.18. The minimum absolute atomic E-state index is 0.0474. The molecule has 0 radical (unpaired) electrons. The first kappa shape index (κ1) is 18.4. The summed E-state index contributed by atoms with van der Waals surface area (Å²) in [7, 11) is 0. The Morgan fingerprint density at radius 3 is 2.58 bits per heavy atom. The van der Waals surface area contributed by atoms with Gasteiger partial charge in [-0.3, -0.25) is 9.59 Å². The number of halogens is 1. The number of carbonyl (C=O) groups excluding carboxylic acids is 1. The van der Waals surface area contributed by atoms with Crippen molar-refractivity contribution in [1.29, 1.82) is 0 Å². The number of H-pyrrole nitrogens is 1. The van der Waals surface area contributed by atoms with Gasteiger partial charge in [0.05, 0.1) is 14.9 Å². The molecule has 1 aromatic carbocycles. The predicted molar refractivity (Wildman–Crippen MR) is 104 cm³/mol. The summed E-state index contributed by atoms with van der Waals surface area (Å²) < 4.78 is 14.0. The zero-order valence-electron chi connectivity index (χ0n) is 14.5. The fourth-order valence-electron chi connectivity index (χ4n) is 2.07. The SMILES string of the molecule is CC(C)(C)C(=O)/C=c1\[nH]c(=O)/c(=C\c2csc(-c3ccc(F)cc3)n2)s1. The summed E-state index contributed by atoms with van der Waals surface area (Å²) in [4.78, 5) is 31.4. The molecule has 0 unspecified atom stereocenters. The fourth-order valence-corrected chi connectivity index (χ4v) is 3.73. The van der Waals surface area contributed by atoms with Crippen LogP contribution in [0.2, 0.25) is 0 Å². The topological polar surface area (TPSA) is 62.8 Å². The van der Waals surface area contributed by atoms with Crippen molar-refractivity contribution >= 4 is 40.6 Å². The van der Waals surface area contributed by atoms with Gasteiger partial charge in [-0.1, -0.05) is 20.8 Å². The fraction of sp³-hybridized carbons (Fsp3) is 0.211. The molecular formula is C19H17FN2O2S2. The molecule has 7 heteroatoms. The number of thiazole rings is 2. The molecule has 0 amide bonds. The van der Waals surface area contributed by atoms with Crippen molar-refractivity contribution in [2.45, 2.75) is 20.8 Å². The Bertz CT molecular complexity index is 1120. The molecule has 26 heavy (non-hydrogen) atoms. The highest BCUT2D eigenvalue weighted by Crippen LogP contribution is 2.24. The molecule has 0 aliphatic rings. The monoisotopic (exact) mass is 388 g/mol. The summed E-state index contributed by atoms with van der Waals surface area (Å²) in [5.74, 6) is -0.343. The van der Waals surface area contributed by atoms with Crippen LogP contribution in [-0.4, -0.2) is 15.8 Å². The lowest BCUT2D eigenvalue weighted by Gasteiger charge is -2.12. The van der Waals surface area contributed by atoms with Gasteiger partial charge in [-0.05, 0) is 30.3 Å². The molecule has 0 aliphatic heterocycles. The summed E-state index contributed by atoms with van der Waals surface area (Å²) >= 11 is 2.64. The van der Waals surface area contributed by atoms with Crippen LogP contribution in [0.1, 0.15) is 26.5 Å². The standard InChI is InChI=1S/C19H17FN2O2S2/c1-19(2,3)15(23)9-16-22-17(24)14(26-16)8-13-10-25-18(21-13)11-4-6-12(20)7-5-11/h4-10H,1-3H3,(H,22,24)/b14-8+,16-9+. The van der Waals surface area contributed by atoms with Crippen LogP contribution in [0.15, 0.2) is 34.4 Å². The van der Waals surface area contributed by atoms with Crippen LogP contribution in [0.5, 0.6) is 0 Å². The second-order valence-corrected chi connectivity index (χ2v) is 8.71. The lowest BCUT2D eigenvalue weighted by Crippen LogP contribution is -2.22. The minimum Gasteiger partial charge on any atom is -0.313 e. The number of nitrogens with zero attached hydrogens (tertiary/aromatic N) is 1. The Balaban J connectivity index is 1.94. The molecule has 134 valence electrons. The lowest BCUT2D eigenvalue weighted by atomic mass is 9.91. The number of aromatic nitrogens is 2. The van der Waals surface area contributed by atoms with Crippen molar-refractivity contribution < 1.29 is 9.18 Å². The number of ketones is 1. The largest absolute Gasteiger partial charge is 0.313 e. The van der Waals surface area contributed by atoms with Gasteiger partial charge in [-0.15, -0.1) is 22.7 Å². The number of aromatic amines is 1. The molecule has 0 spiro atoms. The number of hydrogen-bond acceptors (Lipinski definition) is 5. The van der Waals surface area contributed by atoms with Gasteiger partial charge in [0, 0.05) is 22.4 Å². The molecule has 1 N–H and O–H groups in total. The van der Waals surface area contributed by atoms with E-state index in [1.807, 2.05) is 26.2 Å². The van der Waals surface area contributed by atoms with Crippen LogP contribution in [0.4, 0.5) is 4.39 Å². The second kappa shape index (κ2) is 7.09. The molecule has 0 bridgehead atoms. The van der Waals surface area contributed by atoms with E-state index >= 15 is 0 Å². The van der Waals surface area contributed by atoms with Gasteiger partial charge in [0.15, 0.2) is 5.78 Å². The summed E-state index contributed by atoms with van der Waals surface area (Å²) in [6.07, 6.45) is 3.15. The Morgan fingerprint density at radius 1 is 1.23 bits per heavy atom. The zero-order valence-corrected chi connectivity index (χ0v) is 16.1. The average Bonchev–Trinajstić information content (AvgIpc) is 3.15. The van der Waals surface area contributed by atoms with E-state index < -0.39 is 5.41 Å². The molecular weight excluding hydrogens is 371 g/mol. The van der Waals surface area contributed by atoms with Gasteiger partial charge in [0.1, 0.15) is 10.8 Å². The van der Waals surface area contributed by atoms with E-state index in [0.29, 0.717) is 14.9 Å². The van der Waals surface area contributed by atoms with E-state index in [1.54, 1.807) is 18.2 Å². The summed E-state index contributed by atoms with van der Waals surface area (Å²) in [6.45, 7) is 5.49. The van der Waals surface area contributed by atoms with Crippen LogP contribution in [0.3, 0.4) is 0 Å². The summed E-state index contributed by atoms with van der Waals surface area (Å²) in [6, 6.07) is 6.11. The highest BCUT2D eigenvalue weighted by atomic mass is 32.1. The maximum absolute atomic E-state index is 13.0. The van der Waals surface area contributed by atoms with Crippen molar-refractivity contribution in [3.63, 3.8) is 0 Å². The van der Waals surface area contributed by atoms with Gasteiger partial charge >= 0.3 is 0 Å². The molecule has 3 aromatic rings.